The predicted molar refractivity (Wildman–Crippen MR) is 110 cm³/mol. The molecule has 1 heterocycles. The number of aromatic nitrogens is 2. The molecule has 0 aliphatic heterocycles. The van der Waals surface area contributed by atoms with E-state index in [-0.39, 0.29) is 12.5 Å². The zero-order valence-electron chi connectivity index (χ0n) is 16.1. The molecular weight excluding hydrogens is 366 g/mol. The van der Waals surface area contributed by atoms with Gasteiger partial charge in [-0.15, -0.1) is 0 Å². The van der Waals surface area contributed by atoms with Crippen molar-refractivity contribution in [3.8, 4) is 17.1 Å². The van der Waals surface area contributed by atoms with E-state index in [2.05, 4.69) is 39.7 Å². The Bertz CT molecular complexity index is 1130. The van der Waals surface area contributed by atoms with Crippen LogP contribution in [0.5, 0.6) is 5.75 Å². The number of hydrogen-bond acceptors (Lipinski definition) is 5. The first-order valence-corrected chi connectivity index (χ1v) is 9.43. The standard InChI is InChI=1S/C23H21N3O3/c1-28-19-10-5-9-18(14-19)23-25-22(29-26-23)15-24-21(27)13-12-17-8-4-7-16-6-2-3-11-20(16)17/h2-11,14H,12-13,15H2,1H3,(H,24,27). The Balaban J connectivity index is 1.33. The third kappa shape index (κ3) is 4.43. The van der Waals surface area contributed by atoms with E-state index in [9.17, 15) is 4.79 Å². The summed E-state index contributed by atoms with van der Waals surface area (Å²) >= 11 is 0. The van der Waals surface area contributed by atoms with Gasteiger partial charge in [-0.05, 0) is 34.9 Å². The van der Waals surface area contributed by atoms with Crippen LogP contribution >= 0.6 is 0 Å². The molecule has 146 valence electrons. The van der Waals surface area contributed by atoms with Crippen molar-refractivity contribution >= 4 is 16.7 Å². The van der Waals surface area contributed by atoms with Crippen molar-refractivity contribution < 1.29 is 14.1 Å². The highest BCUT2D eigenvalue weighted by Gasteiger charge is 2.11. The van der Waals surface area contributed by atoms with E-state index in [0.717, 1.165) is 16.9 Å². The number of rotatable bonds is 7. The van der Waals surface area contributed by atoms with Gasteiger partial charge in [0.05, 0.1) is 13.7 Å². The number of nitrogens with zero attached hydrogens (tertiary/aromatic N) is 2. The van der Waals surface area contributed by atoms with Gasteiger partial charge in [0, 0.05) is 12.0 Å². The topological polar surface area (TPSA) is 77.3 Å². The number of carbonyl (C=O) groups excluding carboxylic acids is 1. The molecule has 0 aliphatic carbocycles. The second kappa shape index (κ2) is 8.56. The summed E-state index contributed by atoms with van der Waals surface area (Å²) in [5, 5.41) is 9.18. The van der Waals surface area contributed by atoms with Gasteiger partial charge in [0.25, 0.3) is 0 Å². The summed E-state index contributed by atoms with van der Waals surface area (Å²) in [5.41, 5.74) is 1.96. The van der Waals surface area contributed by atoms with Crippen LogP contribution < -0.4 is 10.1 Å². The molecule has 0 aliphatic rings. The van der Waals surface area contributed by atoms with Gasteiger partial charge in [-0.3, -0.25) is 4.79 Å². The molecule has 1 amide bonds. The third-order valence-electron chi connectivity index (χ3n) is 4.73. The summed E-state index contributed by atoms with van der Waals surface area (Å²) < 4.78 is 10.5. The average Bonchev–Trinajstić information content (AvgIpc) is 3.25. The summed E-state index contributed by atoms with van der Waals surface area (Å²) in [6, 6.07) is 21.8. The molecule has 1 N–H and O–H groups in total. The zero-order chi connectivity index (χ0) is 20.1. The largest absolute Gasteiger partial charge is 0.497 e. The van der Waals surface area contributed by atoms with Crippen molar-refractivity contribution in [2.24, 2.45) is 0 Å². The Morgan fingerprint density at radius 1 is 1.07 bits per heavy atom. The summed E-state index contributed by atoms with van der Waals surface area (Å²) in [4.78, 5) is 16.6. The fourth-order valence-corrected chi connectivity index (χ4v) is 3.23. The molecule has 0 saturated carbocycles. The van der Waals surface area contributed by atoms with Gasteiger partial charge in [0.2, 0.25) is 17.6 Å². The monoisotopic (exact) mass is 387 g/mol. The predicted octanol–water partition coefficient (Wildman–Crippen LogP) is 4.15. The number of amides is 1. The second-order valence-corrected chi connectivity index (χ2v) is 6.66. The Kier molecular flexibility index (Phi) is 5.52. The SMILES string of the molecule is COc1cccc(-c2noc(CNC(=O)CCc3cccc4ccccc34)n2)c1. The summed E-state index contributed by atoms with van der Waals surface area (Å²) in [5.74, 6) is 1.49. The first kappa shape index (κ1) is 18.7. The van der Waals surface area contributed by atoms with Crippen LogP contribution in [-0.4, -0.2) is 23.2 Å². The maximum Gasteiger partial charge on any atom is 0.246 e. The van der Waals surface area contributed by atoms with Gasteiger partial charge in [-0.1, -0.05) is 59.8 Å². The molecule has 0 bridgehead atoms. The Morgan fingerprint density at radius 3 is 2.79 bits per heavy atom. The smallest absolute Gasteiger partial charge is 0.246 e. The molecule has 4 rings (SSSR count). The number of hydrogen-bond donors (Lipinski definition) is 1. The lowest BCUT2D eigenvalue weighted by atomic mass is 10.0. The van der Waals surface area contributed by atoms with Crippen molar-refractivity contribution in [2.75, 3.05) is 7.11 Å². The summed E-state index contributed by atoms with van der Waals surface area (Å²) in [6.45, 7) is 0.200. The molecule has 6 heteroatoms. The lowest BCUT2D eigenvalue weighted by Gasteiger charge is -2.06. The highest BCUT2D eigenvalue weighted by atomic mass is 16.5. The molecule has 0 radical (unpaired) electrons. The van der Waals surface area contributed by atoms with Crippen molar-refractivity contribution in [1.82, 2.24) is 15.5 Å². The number of methoxy groups -OCH3 is 1. The molecular formula is C23H21N3O3. The minimum Gasteiger partial charge on any atom is -0.497 e. The average molecular weight is 387 g/mol. The number of benzene rings is 3. The normalized spacial score (nSPS) is 10.8. The maximum absolute atomic E-state index is 12.3. The van der Waals surface area contributed by atoms with E-state index in [1.807, 2.05) is 42.5 Å². The van der Waals surface area contributed by atoms with E-state index in [1.54, 1.807) is 7.11 Å². The number of aryl methyl sites for hydroxylation is 1. The maximum atomic E-state index is 12.3. The van der Waals surface area contributed by atoms with Crippen LogP contribution in [0.4, 0.5) is 0 Å². The summed E-state index contributed by atoms with van der Waals surface area (Å²) in [7, 11) is 1.61. The van der Waals surface area contributed by atoms with Crippen LogP contribution in [0.25, 0.3) is 22.2 Å². The summed E-state index contributed by atoms with van der Waals surface area (Å²) in [6.07, 6.45) is 1.07. The van der Waals surface area contributed by atoms with E-state index in [1.165, 1.54) is 10.8 Å². The Labute approximate surface area is 168 Å². The Morgan fingerprint density at radius 2 is 1.90 bits per heavy atom. The third-order valence-corrected chi connectivity index (χ3v) is 4.73. The van der Waals surface area contributed by atoms with Crippen LogP contribution in [0.1, 0.15) is 17.9 Å². The molecule has 3 aromatic carbocycles. The number of fused-ring (bicyclic) bond motifs is 1. The van der Waals surface area contributed by atoms with Gasteiger partial charge in [-0.2, -0.15) is 4.98 Å². The number of ether oxygens (including phenoxy) is 1. The molecule has 6 nitrogen and oxygen atoms in total. The van der Waals surface area contributed by atoms with E-state index < -0.39 is 0 Å². The molecule has 1 aromatic heterocycles. The van der Waals surface area contributed by atoms with Crippen molar-refractivity contribution in [1.29, 1.82) is 0 Å². The van der Waals surface area contributed by atoms with Crippen molar-refractivity contribution in [3.05, 3.63) is 78.2 Å². The fraction of sp³-hybridized carbons (Fsp3) is 0.174. The van der Waals surface area contributed by atoms with Crippen LogP contribution in [0.2, 0.25) is 0 Å². The van der Waals surface area contributed by atoms with Crippen LogP contribution in [0.3, 0.4) is 0 Å². The fourth-order valence-electron chi connectivity index (χ4n) is 3.23. The molecule has 0 saturated heterocycles. The molecule has 4 aromatic rings. The lowest BCUT2D eigenvalue weighted by molar-refractivity contribution is -0.121. The number of nitrogens with one attached hydrogen (secondary N) is 1. The minimum absolute atomic E-state index is 0.0564. The quantitative estimate of drug-likeness (QED) is 0.515. The van der Waals surface area contributed by atoms with Crippen LogP contribution in [-0.2, 0) is 17.8 Å². The first-order chi connectivity index (χ1) is 14.2. The van der Waals surface area contributed by atoms with Gasteiger partial charge >= 0.3 is 0 Å². The highest BCUT2D eigenvalue weighted by molar-refractivity contribution is 5.86. The zero-order valence-corrected chi connectivity index (χ0v) is 16.1. The van der Waals surface area contributed by atoms with E-state index >= 15 is 0 Å². The minimum atomic E-state index is -0.0564. The lowest BCUT2D eigenvalue weighted by Crippen LogP contribution is -2.23. The first-order valence-electron chi connectivity index (χ1n) is 9.43. The van der Waals surface area contributed by atoms with Gasteiger partial charge in [0.15, 0.2) is 0 Å². The molecule has 0 spiro atoms. The van der Waals surface area contributed by atoms with Crippen LogP contribution in [0.15, 0.2) is 71.3 Å². The molecule has 0 unspecified atom stereocenters. The van der Waals surface area contributed by atoms with E-state index in [0.29, 0.717) is 24.6 Å². The van der Waals surface area contributed by atoms with Gasteiger partial charge < -0.3 is 14.6 Å². The van der Waals surface area contributed by atoms with Gasteiger partial charge in [0.1, 0.15) is 5.75 Å². The molecule has 0 fully saturated rings. The molecule has 0 atom stereocenters. The Hall–Kier alpha value is -3.67. The second-order valence-electron chi connectivity index (χ2n) is 6.66. The van der Waals surface area contributed by atoms with Gasteiger partial charge in [-0.25, -0.2) is 0 Å². The highest BCUT2D eigenvalue weighted by Crippen LogP contribution is 2.21. The van der Waals surface area contributed by atoms with Crippen LogP contribution in [0, 0.1) is 0 Å². The number of carbonyl (C=O) groups is 1. The van der Waals surface area contributed by atoms with Crippen molar-refractivity contribution in [2.45, 2.75) is 19.4 Å². The van der Waals surface area contributed by atoms with E-state index in [4.69, 9.17) is 9.26 Å². The molecule has 29 heavy (non-hydrogen) atoms. The van der Waals surface area contributed by atoms with Crippen molar-refractivity contribution in [3.63, 3.8) is 0 Å².